The Labute approximate surface area is 165 Å². The minimum absolute atomic E-state index is 0.0678. The average Bonchev–Trinajstić information content (AvgIpc) is 3.22. The number of nitrogens with zero attached hydrogens (tertiary/aromatic N) is 3. The van der Waals surface area contributed by atoms with E-state index in [4.69, 9.17) is 0 Å². The van der Waals surface area contributed by atoms with E-state index in [-0.39, 0.29) is 11.8 Å². The number of hydrogen-bond acceptors (Lipinski definition) is 4. The quantitative estimate of drug-likeness (QED) is 0.706. The zero-order valence-electron chi connectivity index (χ0n) is 16.5. The first-order valence-corrected chi connectivity index (χ1v) is 10.0. The van der Waals surface area contributed by atoms with Crippen LogP contribution in [0.25, 0.3) is 21.9 Å². The van der Waals surface area contributed by atoms with E-state index in [0.29, 0.717) is 11.7 Å². The van der Waals surface area contributed by atoms with Crippen LogP contribution in [-0.2, 0) is 4.79 Å². The van der Waals surface area contributed by atoms with Crippen molar-refractivity contribution >= 4 is 22.5 Å². The zero-order valence-corrected chi connectivity index (χ0v) is 16.5. The van der Waals surface area contributed by atoms with Gasteiger partial charge in [-0.25, -0.2) is 4.98 Å². The van der Waals surface area contributed by atoms with Crippen LogP contribution >= 0.6 is 0 Å². The Kier molecular flexibility index (Phi) is 5.39. The van der Waals surface area contributed by atoms with Gasteiger partial charge in [-0.15, -0.1) is 0 Å². The Morgan fingerprint density at radius 2 is 2.00 bits per heavy atom. The number of H-pyrrole nitrogens is 1. The summed E-state index contributed by atoms with van der Waals surface area (Å²) in [5.41, 5.74) is 2.12. The second kappa shape index (κ2) is 8.10. The van der Waals surface area contributed by atoms with Crippen molar-refractivity contribution in [2.45, 2.75) is 26.7 Å². The van der Waals surface area contributed by atoms with Gasteiger partial charge in [-0.3, -0.25) is 9.89 Å². The van der Waals surface area contributed by atoms with E-state index in [2.05, 4.69) is 51.4 Å². The van der Waals surface area contributed by atoms with Crippen molar-refractivity contribution in [3.05, 3.63) is 42.9 Å². The maximum absolute atomic E-state index is 12.7. The van der Waals surface area contributed by atoms with E-state index < -0.39 is 0 Å². The van der Waals surface area contributed by atoms with Crippen LogP contribution in [0.15, 0.2) is 42.9 Å². The largest absolute Gasteiger partial charge is 0.310 e. The molecular formula is C22H27N5O. The summed E-state index contributed by atoms with van der Waals surface area (Å²) < 4.78 is 0. The molecule has 0 radical (unpaired) electrons. The maximum Gasteiger partial charge on any atom is 0.228 e. The number of benzene rings is 1. The minimum atomic E-state index is 0.0678. The second-order valence-electron chi connectivity index (χ2n) is 8.08. The van der Waals surface area contributed by atoms with Crippen molar-refractivity contribution < 1.29 is 4.79 Å². The maximum atomic E-state index is 12.7. The van der Waals surface area contributed by atoms with Gasteiger partial charge in [0.05, 0.1) is 6.20 Å². The van der Waals surface area contributed by atoms with Gasteiger partial charge in [0.25, 0.3) is 0 Å². The fourth-order valence-electron chi connectivity index (χ4n) is 3.92. The summed E-state index contributed by atoms with van der Waals surface area (Å²) in [5, 5.41) is 12.0. The van der Waals surface area contributed by atoms with Crippen LogP contribution < -0.4 is 5.32 Å². The lowest BCUT2D eigenvalue weighted by atomic mass is 9.95. The molecule has 0 atom stereocenters. The fraction of sp³-hybridized carbons (Fsp3) is 0.409. The smallest absolute Gasteiger partial charge is 0.228 e. The predicted molar refractivity (Wildman–Crippen MR) is 112 cm³/mol. The molecule has 2 aromatic heterocycles. The molecule has 1 saturated heterocycles. The minimum Gasteiger partial charge on any atom is -0.310 e. The molecule has 1 fully saturated rings. The molecule has 1 aliphatic rings. The Hall–Kier alpha value is -2.73. The summed E-state index contributed by atoms with van der Waals surface area (Å²) in [5.74, 6) is 1.44. The van der Waals surface area contributed by atoms with E-state index >= 15 is 0 Å². The molecule has 0 unspecified atom stereocenters. The van der Waals surface area contributed by atoms with Gasteiger partial charge >= 0.3 is 0 Å². The SMILES string of the molecule is CC(C)CN1CCC(C(=O)Nc2cc3cc(-c4cn[nH]c4)ccc3cn2)CC1. The third-order valence-electron chi connectivity index (χ3n) is 5.39. The van der Waals surface area contributed by atoms with E-state index in [1.807, 2.05) is 24.5 Å². The number of piperidine rings is 1. The molecule has 0 aliphatic carbocycles. The summed E-state index contributed by atoms with van der Waals surface area (Å²) in [7, 11) is 0. The van der Waals surface area contributed by atoms with Crippen LogP contribution in [0, 0.1) is 11.8 Å². The molecular weight excluding hydrogens is 350 g/mol. The molecule has 2 N–H and O–H groups in total. The Morgan fingerprint density at radius 3 is 2.71 bits per heavy atom. The Balaban J connectivity index is 1.43. The number of rotatable bonds is 5. The lowest BCUT2D eigenvalue weighted by Crippen LogP contribution is -2.39. The first-order chi connectivity index (χ1) is 13.6. The summed E-state index contributed by atoms with van der Waals surface area (Å²) >= 11 is 0. The molecule has 1 amide bonds. The van der Waals surface area contributed by atoms with E-state index in [1.54, 1.807) is 6.20 Å². The fourth-order valence-corrected chi connectivity index (χ4v) is 3.92. The van der Waals surface area contributed by atoms with Gasteiger partial charge in [-0.05, 0) is 54.9 Å². The molecule has 3 aromatic rings. The number of carbonyl (C=O) groups excluding carboxylic acids is 1. The highest BCUT2D eigenvalue weighted by atomic mass is 16.1. The van der Waals surface area contributed by atoms with Crippen LogP contribution in [0.5, 0.6) is 0 Å². The van der Waals surface area contributed by atoms with Crippen molar-refractivity contribution in [3.8, 4) is 11.1 Å². The van der Waals surface area contributed by atoms with Gasteiger partial charge in [0, 0.05) is 35.8 Å². The number of amides is 1. The number of likely N-dealkylation sites (tertiary alicyclic amines) is 1. The third kappa shape index (κ3) is 4.22. The average molecular weight is 377 g/mol. The topological polar surface area (TPSA) is 73.9 Å². The number of carbonyl (C=O) groups is 1. The Morgan fingerprint density at radius 1 is 1.18 bits per heavy atom. The summed E-state index contributed by atoms with van der Waals surface area (Å²) in [6, 6.07) is 8.14. The molecule has 146 valence electrons. The zero-order chi connectivity index (χ0) is 19.5. The third-order valence-corrected chi connectivity index (χ3v) is 5.39. The number of pyridine rings is 1. The van der Waals surface area contributed by atoms with Crippen molar-refractivity contribution in [2.75, 3.05) is 25.0 Å². The normalized spacial score (nSPS) is 16.0. The van der Waals surface area contributed by atoms with Gasteiger partial charge in [0.15, 0.2) is 0 Å². The predicted octanol–water partition coefficient (Wildman–Crippen LogP) is 3.93. The molecule has 28 heavy (non-hydrogen) atoms. The molecule has 4 rings (SSSR count). The molecule has 1 aromatic carbocycles. The van der Waals surface area contributed by atoms with Gasteiger partial charge < -0.3 is 10.2 Å². The van der Waals surface area contributed by atoms with Crippen molar-refractivity contribution in [1.29, 1.82) is 0 Å². The standard InChI is InChI=1S/C22H27N5O/c1-15(2)14-27-7-5-16(6-8-27)22(28)26-21-10-19-9-17(20-12-24-25-13-20)3-4-18(19)11-23-21/h3-4,9-13,15-16H,5-8,14H2,1-2H3,(H,24,25)(H,23,26,28). The highest BCUT2D eigenvalue weighted by molar-refractivity contribution is 5.95. The number of hydrogen-bond donors (Lipinski definition) is 2. The number of nitrogens with one attached hydrogen (secondary N) is 2. The van der Waals surface area contributed by atoms with E-state index in [1.165, 1.54) is 0 Å². The van der Waals surface area contributed by atoms with Gasteiger partial charge in [-0.1, -0.05) is 26.0 Å². The van der Waals surface area contributed by atoms with Crippen LogP contribution in [0.3, 0.4) is 0 Å². The first kappa shape index (κ1) is 18.6. The van der Waals surface area contributed by atoms with Gasteiger partial charge in [0.2, 0.25) is 5.91 Å². The molecule has 1 aliphatic heterocycles. The van der Waals surface area contributed by atoms with Crippen molar-refractivity contribution in [2.24, 2.45) is 11.8 Å². The van der Waals surface area contributed by atoms with Gasteiger partial charge in [-0.2, -0.15) is 5.10 Å². The molecule has 0 bridgehead atoms. The molecule has 6 heteroatoms. The van der Waals surface area contributed by atoms with Gasteiger partial charge in [0.1, 0.15) is 5.82 Å². The first-order valence-electron chi connectivity index (χ1n) is 10.0. The Bertz CT molecular complexity index is 943. The monoisotopic (exact) mass is 377 g/mol. The molecule has 3 heterocycles. The number of anilines is 1. The molecule has 0 saturated carbocycles. The summed E-state index contributed by atoms with van der Waals surface area (Å²) in [4.78, 5) is 19.6. The lowest BCUT2D eigenvalue weighted by molar-refractivity contribution is -0.121. The highest BCUT2D eigenvalue weighted by Crippen LogP contribution is 2.25. The van der Waals surface area contributed by atoms with Crippen LogP contribution in [0.1, 0.15) is 26.7 Å². The van der Waals surface area contributed by atoms with Crippen molar-refractivity contribution in [1.82, 2.24) is 20.1 Å². The second-order valence-corrected chi connectivity index (χ2v) is 8.08. The van der Waals surface area contributed by atoms with Crippen molar-refractivity contribution in [3.63, 3.8) is 0 Å². The summed E-state index contributed by atoms with van der Waals surface area (Å²) in [6.45, 7) is 7.58. The number of aromatic nitrogens is 3. The van der Waals surface area contributed by atoms with Crippen LogP contribution in [-0.4, -0.2) is 45.6 Å². The van der Waals surface area contributed by atoms with Crippen LogP contribution in [0.4, 0.5) is 5.82 Å². The van der Waals surface area contributed by atoms with E-state index in [0.717, 1.165) is 54.4 Å². The molecule has 6 nitrogen and oxygen atoms in total. The van der Waals surface area contributed by atoms with Crippen LogP contribution in [0.2, 0.25) is 0 Å². The number of aromatic amines is 1. The summed E-state index contributed by atoms with van der Waals surface area (Å²) in [6.07, 6.45) is 7.32. The molecule has 0 spiro atoms. The van der Waals surface area contributed by atoms with E-state index in [9.17, 15) is 4.79 Å². The lowest BCUT2D eigenvalue weighted by Gasteiger charge is -2.32. The number of fused-ring (bicyclic) bond motifs is 1. The highest BCUT2D eigenvalue weighted by Gasteiger charge is 2.25.